The fourth-order valence-corrected chi connectivity index (χ4v) is 6.40. The van der Waals surface area contributed by atoms with Crippen molar-refractivity contribution in [2.45, 2.75) is 39.2 Å². The van der Waals surface area contributed by atoms with Gasteiger partial charge in [-0.3, -0.25) is 0 Å². The molecule has 184 valence electrons. The number of rotatable bonds is 4. The summed E-state index contributed by atoms with van der Waals surface area (Å²) in [6.07, 6.45) is 8.72. The molecule has 3 aromatic rings. The summed E-state index contributed by atoms with van der Waals surface area (Å²) in [7, 11) is 0.0470. The highest BCUT2D eigenvalue weighted by Crippen LogP contribution is 2.46. The van der Waals surface area contributed by atoms with E-state index in [1.807, 2.05) is 19.1 Å². The highest BCUT2D eigenvalue weighted by Gasteiger charge is 2.40. The Kier molecular flexibility index (Phi) is 6.92. The second-order valence-electron chi connectivity index (χ2n) is 9.85. The molecule has 5 nitrogen and oxygen atoms in total. The van der Waals surface area contributed by atoms with Crippen molar-refractivity contribution in [1.82, 2.24) is 9.97 Å². The Morgan fingerprint density at radius 2 is 1.80 bits per heavy atom. The van der Waals surface area contributed by atoms with Crippen LogP contribution >= 0.6 is 23.2 Å². The molecule has 1 aliphatic carbocycles. The van der Waals surface area contributed by atoms with Crippen molar-refractivity contribution in [3.05, 3.63) is 69.0 Å². The maximum atomic E-state index is 10.2. The predicted octanol–water partition coefficient (Wildman–Crippen LogP) is 6.33. The van der Waals surface area contributed by atoms with Crippen LogP contribution in [0.5, 0.6) is 0 Å². The molecule has 2 aliphatic rings. The van der Waals surface area contributed by atoms with Gasteiger partial charge >= 0.3 is 0 Å². The number of nitrogens with zero attached hydrogens (tertiary/aromatic N) is 4. The molecule has 1 saturated heterocycles. The number of piperidine rings is 1. The molecule has 2 aromatic carbocycles. The molecule has 8 heteroatoms. The Hall–Kier alpha value is -1.99. The van der Waals surface area contributed by atoms with Crippen LogP contribution in [0.15, 0.2) is 40.8 Å². The first kappa shape index (κ1) is 24.7. The van der Waals surface area contributed by atoms with E-state index in [1.165, 1.54) is 11.1 Å². The van der Waals surface area contributed by atoms with E-state index in [0.717, 1.165) is 61.5 Å². The van der Waals surface area contributed by atoms with Crippen molar-refractivity contribution in [2.24, 2.45) is 9.78 Å². The molecule has 0 radical (unpaired) electrons. The number of fused-ring (bicyclic) bond motifs is 1. The number of hydrogen-bond donors (Lipinski definition) is 1. The van der Waals surface area contributed by atoms with E-state index in [0.29, 0.717) is 26.8 Å². The van der Waals surface area contributed by atoms with E-state index in [1.54, 1.807) is 6.07 Å². The van der Waals surface area contributed by atoms with Crippen LogP contribution in [0.25, 0.3) is 11.3 Å². The van der Waals surface area contributed by atoms with Gasteiger partial charge in [0, 0.05) is 18.7 Å². The summed E-state index contributed by atoms with van der Waals surface area (Å²) in [6, 6.07) is 12.2. The van der Waals surface area contributed by atoms with E-state index < -0.39 is 0 Å². The minimum atomic E-state index is -0.177. The molecule has 35 heavy (non-hydrogen) atoms. The molecule has 1 aliphatic heterocycles. The van der Waals surface area contributed by atoms with Crippen LogP contribution in [0.4, 0.5) is 11.5 Å². The Balaban J connectivity index is 1.36. The van der Waals surface area contributed by atoms with Gasteiger partial charge in [0.15, 0.2) is 5.82 Å². The zero-order valence-corrected chi connectivity index (χ0v) is 22.6. The van der Waals surface area contributed by atoms with Crippen molar-refractivity contribution in [1.29, 1.82) is 0 Å². The molecule has 2 heterocycles. The molecule has 0 saturated carbocycles. The van der Waals surface area contributed by atoms with Crippen LogP contribution in [0.2, 0.25) is 10.0 Å². The summed E-state index contributed by atoms with van der Waals surface area (Å²) in [6.45, 7) is 3.56. The lowest BCUT2D eigenvalue weighted by Crippen LogP contribution is -2.41. The van der Waals surface area contributed by atoms with Gasteiger partial charge in [-0.15, -0.1) is 10.7 Å². The third-order valence-corrected chi connectivity index (χ3v) is 8.60. The van der Waals surface area contributed by atoms with Crippen molar-refractivity contribution in [3.63, 3.8) is 0 Å². The van der Waals surface area contributed by atoms with Gasteiger partial charge in [-0.25, -0.2) is 14.3 Å². The second kappa shape index (κ2) is 9.81. The Morgan fingerprint density at radius 1 is 1.06 bits per heavy atom. The van der Waals surface area contributed by atoms with Gasteiger partial charge in [0.25, 0.3) is 0 Å². The summed E-state index contributed by atoms with van der Waals surface area (Å²) >= 11 is 12.7. The molecule has 0 amide bonds. The third-order valence-electron chi connectivity index (χ3n) is 7.21. The van der Waals surface area contributed by atoms with Crippen LogP contribution in [-0.4, -0.2) is 40.7 Å². The monoisotopic (exact) mass is 528 g/mol. The van der Waals surface area contributed by atoms with Crippen LogP contribution in [0, 0.1) is 12.3 Å². The van der Waals surface area contributed by atoms with E-state index in [2.05, 4.69) is 35.6 Å². The average Bonchev–Trinajstić information content (AvgIpc) is 3.18. The Labute approximate surface area is 219 Å². The van der Waals surface area contributed by atoms with Crippen molar-refractivity contribution in [2.75, 3.05) is 30.5 Å². The molecule has 1 spiro atoms. The molecule has 1 fully saturated rings. The first-order valence-electron chi connectivity index (χ1n) is 11.9. The fourth-order valence-electron chi connectivity index (χ4n) is 5.48. The number of halogens is 2. The maximum absolute atomic E-state index is 10.2. The average molecular weight is 530 g/mol. The zero-order valence-electron chi connectivity index (χ0n) is 20.3. The number of aliphatic hydroxyl groups is 1. The summed E-state index contributed by atoms with van der Waals surface area (Å²) in [5.41, 5.74) is 7.07. The first-order valence-corrected chi connectivity index (χ1v) is 14.6. The lowest BCUT2D eigenvalue weighted by atomic mass is 9.76. The van der Waals surface area contributed by atoms with Gasteiger partial charge < -0.3 is 10.0 Å². The maximum Gasteiger partial charge on any atom is 0.153 e. The largest absolute Gasteiger partial charge is 0.390 e. The minimum absolute atomic E-state index is 0.0470. The molecule has 1 aromatic heterocycles. The van der Waals surface area contributed by atoms with E-state index >= 15 is 0 Å². The van der Waals surface area contributed by atoms with Crippen molar-refractivity contribution in [3.8, 4) is 11.3 Å². The summed E-state index contributed by atoms with van der Waals surface area (Å²) in [4.78, 5) is 12.0. The molecule has 0 bridgehead atoms. The highest BCUT2D eigenvalue weighted by atomic mass is 35.5. The number of aliphatic hydroxyl groups excluding tert-OH is 1. The van der Waals surface area contributed by atoms with Gasteiger partial charge in [-0.05, 0) is 79.9 Å². The topological polar surface area (TPSA) is 61.6 Å². The summed E-state index contributed by atoms with van der Waals surface area (Å²) in [5.74, 6) is 0.774. The third kappa shape index (κ3) is 4.86. The molecular weight excluding hydrogens is 499 g/mol. The SMILES string of the molecule is Cc1nc(N2CCC3(CC2)Cc2ccc(N=S(C)C)cc2C3)c(CO)nc1-c1cccc(Cl)c1Cl. The van der Waals surface area contributed by atoms with Crippen LogP contribution < -0.4 is 4.90 Å². The summed E-state index contributed by atoms with van der Waals surface area (Å²) < 4.78 is 4.75. The molecule has 5 rings (SSSR count). The van der Waals surface area contributed by atoms with Gasteiger partial charge in [-0.1, -0.05) is 41.4 Å². The number of hydrogen-bond acceptors (Lipinski definition) is 5. The minimum Gasteiger partial charge on any atom is -0.390 e. The number of anilines is 1. The van der Waals surface area contributed by atoms with Gasteiger partial charge in [0.2, 0.25) is 0 Å². The molecular formula is C27H30Cl2N4OS. The Morgan fingerprint density at radius 3 is 2.51 bits per heavy atom. The van der Waals surface area contributed by atoms with Gasteiger partial charge in [0.05, 0.1) is 33.7 Å². The zero-order chi connectivity index (χ0) is 24.7. The second-order valence-corrected chi connectivity index (χ2v) is 12.4. The quantitative estimate of drug-likeness (QED) is 0.429. The fraction of sp³-hybridized carbons (Fsp3) is 0.407. The first-order chi connectivity index (χ1) is 16.8. The van der Waals surface area contributed by atoms with Crippen LogP contribution in [0.3, 0.4) is 0 Å². The normalized spacial score (nSPS) is 16.7. The van der Waals surface area contributed by atoms with E-state index in [4.69, 9.17) is 37.5 Å². The summed E-state index contributed by atoms with van der Waals surface area (Å²) in [5, 5.41) is 11.1. The lowest BCUT2D eigenvalue weighted by molar-refractivity contribution is 0.231. The Bertz CT molecular complexity index is 1310. The van der Waals surface area contributed by atoms with Gasteiger partial charge in [-0.2, -0.15) is 0 Å². The number of benzene rings is 2. The van der Waals surface area contributed by atoms with Crippen LogP contribution in [0.1, 0.15) is 35.4 Å². The standard InChI is InChI=1S/C27H30Cl2N4OS/c1-17-25(21-5-4-6-22(28)24(21)29)31-23(16-34)26(30-17)33-11-9-27(10-12-33)14-18-7-8-20(32-35(2)3)13-19(18)15-27/h4-8,13,34H,9-12,14-16H2,1-3H3. The van der Waals surface area contributed by atoms with E-state index in [9.17, 15) is 5.11 Å². The van der Waals surface area contributed by atoms with Crippen molar-refractivity contribution < 1.29 is 5.11 Å². The predicted molar refractivity (Wildman–Crippen MR) is 147 cm³/mol. The number of aromatic nitrogens is 2. The lowest BCUT2D eigenvalue weighted by Gasteiger charge is -2.40. The smallest absolute Gasteiger partial charge is 0.153 e. The molecule has 0 unspecified atom stereocenters. The highest BCUT2D eigenvalue weighted by molar-refractivity contribution is 7.85. The molecule has 0 atom stereocenters. The van der Waals surface area contributed by atoms with E-state index in [-0.39, 0.29) is 17.3 Å². The molecule has 1 N–H and O–H groups in total. The van der Waals surface area contributed by atoms with Crippen molar-refractivity contribution >= 4 is 45.4 Å². The van der Waals surface area contributed by atoms with Gasteiger partial charge in [0.1, 0.15) is 5.69 Å². The number of aryl methyl sites for hydroxylation is 1. The van der Waals surface area contributed by atoms with Crippen LogP contribution in [-0.2, 0) is 30.1 Å².